The average Bonchev–Trinajstić information content (AvgIpc) is 3.33. The van der Waals surface area contributed by atoms with E-state index in [1.54, 1.807) is 11.9 Å². The largest absolute Gasteiger partial charge is 0.355 e. The molecule has 150 valence electrons. The van der Waals surface area contributed by atoms with E-state index in [9.17, 15) is 9.59 Å². The lowest BCUT2D eigenvalue weighted by Crippen LogP contribution is -2.32. The zero-order valence-electron chi connectivity index (χ0n) is 17.5. The van der Waals surface area contributed by atoms with Crippen LogP contribution in [0.3, 0.4) is 0 Å². The highest BCUT2D eigenvalue weighted by atomic mass is 16.2. The second-order valence-electron chi connectivity index (χ2n) is 7.96. The SMILES string of the molecule is Cc1ccccc1-n1nc(C)c(CN(C)C(=O)CCNC(=O)C2CC2C)c1C. The van der Waals surface area contributed by atoms with E-state index in [0.717, 1.165) is 34.6 Å². The van der Waals surface area contributed by atoms with Gasteiger partial charge in [-0.05, 0) is 44.7 Å². The molecule has 1 saturated carbocycles. The van der Waals surface area contributed by atoms with Crippen LogP contribution in [0.4, 0.5) is 0 Å². The number of carbonyl (C=O) groups excluding carboxylic acids is 2. The Morgan fingerprint density at radius 1 is 1.25 bits per heavy atom. The third kappa shape index (κ3) is 4.26. The van der Waals surface area contributed by atoms with Gasteiger partial charge < -0.3 is 10.2 Å². The number of rotatable bonds is 7. The first kappa shape index (κ1) is 20.1. The molecule has 0 spiro atoms. The number of nitrogens with one attached hydrogen (secondary N) is 1. The van der Waals surface area contributed by atoms with Gasteiger partial charge in [-0.2, -0.15) is 5.10 Å². The number of nitrogens with zero attached hydrogens (tertiary/aromatic N) is 3. The summed E-state index contributed by atoms with van der Waals surface area (Å²) in [4.78, 5) is 26.1. The van der Waals surface area contributed by atoms with Gasteiger partial charge in [-0.3, -0.25) is 9.59 Å². The molecule has 6 nitrogen and oxygen atoms in total. The zero-order valence-corrected chi connectivity index (χ0v) is 17.5. The summed E-state index contributed by atoms with van der Waals surface area (Å²) in [6.45, 7) is 9.06. The van der Waals surface area contributed by atoms with Gasteiger partial charge in [0.1, 0.15) is 0 Å². The quantitative estimate of drug-likeness (QED) is 0.801. The van der Waals surface area contributed by atoms with E-state index in [-0.39, 0.29) is 17.7 Å². The Morgan fingerprint density at radius 2 is 1.93 bits per heavy atom. The summed E-state index contributed by atoms with van der Waals surface area (Å²) < 4.78 is 1.95. The maximum Gasteiger partial charge on any atom is 0.224 e. The summed E-state index contributed by atoms with van der Waals surface area (Å²) in [5.74, 6) is 0.722. The Balaban J connectivity index is 1.60. The van der Waals surface area contributed by atoms with Gasteiger partial charge in [0.2, 0.25) is 11.8 Å². The van der Waals surface area contributed by atoms with E-state index in [1.165, 1.54) is 0 Å². The summed E-state index contributed by atoms with van der Waals surface area (Å²) in [7, 11) is 1.80. The van der Waals surface area contributed by atoms with Crippen LogP contribution in [-0.2, 0) is 16.1 Å². The predicted molar refractivity (Wildman–Crippen MR) is 109 cm³/mol. The molecule has 2 amide bonds. The van der Waals surface area contributed by atoms with Crippen molar-refractivity contribution in [1.82, 2.24) is 20.0 Å². The van der Waals surface area contributed by atoms with Gasteiger partial charge in [0, 0.05) is 43.7 Å². The molecule has 2 atom stereocenters. The molecule has 3 rings (SSSR count). The molecule has 1 aromatic carbocycles. The number of hydrogen-bond acceptors (Lipinski definition) is 3. The number of benzene rings is 1. The standard InChI is InChI=1S/C22H30N4O2/c1-14-8-6-7-9-20(14)26-17(4)19(16(3)24-26)13-25(5)21(27)10-11-23-22(28)18-12-15(18)2/h6-9,15,18H,10-13H2,1-5H3,(H,23,28). The van der Waals surface area contributed by atoms with E-state index in [4.69, 9.17) is 5.10 Å². The third-order valence-corrected chi connectivity index (χ3v) is 5.69. The Morgan fingerprint density at radius 3 is 2.57 bits per heavy atom. The molecule has 1 aliphatic rings. The smallest absolute Gasteiger partial charge is 0.224 e. The molecule has 28 heavy (non-hydrogen) atoms. The summed E-state index contributed by atoms with van der Waals surface area (Å²) in [5, 5.41) is 7.57. The maximum atomic E-state index is 12.5. The second-order valence-corrected chi connectivity index (χ2v) is 7.96. The van der Waals surface area contributed by atoms with Crippen molar-refractivity contribution in [2.24, 2.45) is 11.8 Å². The first-order valence-corrected chi connectivity index (χ1v) is 9.92. The van der Waals surface area contributed by atoms with Crippen LogP contribution in [0.25, 0.3) is 5.69 Å². The molecule has 1 aromatic heterocycles. The fourth-order valence-electron chi connectivity index (χ4n) is 3.57. The molecule has 0 bridgehead atoms. The molecule has 1 heterocycles. The van der Waals surface area contributed by atoms with Crippen molar-refractivity contribution in [1.29, 1.82) is 0 Å². The average molecular weight is 383 g/mol. The van der Waals surface area contributed by atoms with Crippen molar-refractivity contribution in [3.63, 3.8) is 0 Å². The Kier molecular flexibility index (Phi) is 5.87. The lowest BCUT2D eigenvalue weighted by molar-refractivity contribution is -0.130. The molecule has 1 N–H and O–H groups in total. The van der Waals surface area contributed by atoms with Gasteiger partial charge in [-0.1, -0.05) is 25.1 Å². The molecule has 0 saturated heterocycles. The Bertz CT molecular complexity index is 887. The normalized spacial score (nSPS) is 18.0. The Labute approximate surface area is 166 Å². The molecule has 2 aromatic rings. The predicted octanol–water partition coefficient (Wildman–Crippen LogP) is 2.92. The van der Waals surface area contributed by atoms with Gasteiger partial charge in [-0.25, -0.2) is 4.68 Å². The minimum Gasteiger partial charge on any atom is -0.355 e. The minimum absolute atomic E-state index is 0.0200. The molecule has 0 radical (unpaired) electrons. The highest BCUT2D eigenvalue weighted by Gasteiger charge is 2.38. The van der Waals surface area contributed by atoms with Crippen LogP contribution in [0.2, 0.25) is 0 Å². The third-order valence-electron chi connectivity index (χ3n) is 5.69. The van der Waals surface area contributed by atoms with E-state index in [1.807, 2.05) is 30.7 Å². The van der Waals surface area contributed by atoms with Gasteiger partial charge in [0.15, 0.2) is 0 Å². The van der Waals surface area contributed by atoms with Crippen molar-refractivity contribution in [2.75, 3.05) is 13.6 Å². The highest BCUT2D eigenvalue weighted by Crippen LogP contribution is 2.37. The molecule has 1 fully saturated rings. The summed E-state index contributed by atoms with van der Waals surface area (Å²) in [6.07, 6.45) is 1.27. The first-order chi connectivity index (χ1) is 13.3. The van der Waals surface area contributed by atoms with Crippen molar-refractivity contribution >= 4 is 11.8 Å². The topological polar surface area (TPSA) is 67.2 Å². The monoisotopic (exact) mass is 382 g/mol. The molecular formula is C22H30N4O2. The van der Waals surface area contributed by atoms with Gasteiger partial charge in [-0.15, -0.1) is 0 Å². The highest BCUT2D eigenvalue weighted by molar-refractivity contribution is 5.82. The van der Waals surface area contributed by atoms with Gasteiger partial charge in [0.25, 0.3) is 0 Å². The first-order valence-electron chi connectivity index (χ1n) is 9.92. The summed E-state index contributed by atoms with van der Waals surface area (Å²) in [5.41, 5.74) is 5.25. The van der Waals surface area contributed by atoms with E-state index < -0.39 is 0 Å². The van der Waals surface area contributed by atoms with Crippen LogP contribution in [0.1, 0.15) is 42.3 Å². The fourth-order valence-corrected chi connectivity index (χ4v) is 3.57. The van der Waals surface area contributed by atoms with Crippen molar-refractivity contribution in [2.45, 2.75) is 47.1 Å². The van der Waals surface area contributed by atoms with Crippen LogP contribution < -0.4 is 5.32 Å². The molecule has 2 unspecified atom stereocenters. The van der Waals surface area contributed by atoms with Crippen LogP contribution in [0.15, 0.2) is 24.3 Å². The fraction of sp³-hybridized carbons (Fsp3) is 0.500. The molecular weight excluding hydrogens is 352 g/mol. The van der Waals surface area contributed by atoms with E-state index in [2.05, 4.69) is 31.3 Å². The number of carbonyl (C=O) groups is 2. The van der Waals surface area contributed by atoms with Crippen LogP contribution in [0, 0.1) is 32.6 Å². The molecule has 6 heteroatoms. The summed E-state index contributed by atoms with van der Waals surface area (Å²) in [6, 6.07) is 8.14. The van der Waals surface area contributed by atoms with Crippen molar-refractivity contribution < 1.29 is 9.59 Å². The Hall–Kier alpha value is -2.63. The van der Waals surface area contributed by atoms with Crippen molar-refractivity contribution in [3.05, 3.63) is 46.8 Å². The van der Waals surface area contributed by atoms with Crippen molar-refractivity contribution in [3.8, 4) is 5.69 Å². The van der Waals surface area contributed by atoms with Gasteiger partial charge in [0.05, 0.1) is 11.4 Å². The maximum absolute atomic E-state index is 12.5. The number of aryl methyl sites for hydroxylation is 2. The van der Waals surface area contributed by atoms with E-state index >= 15 is 0 Å². The lowest BCUT2D eigenvalue weighted by atomic mass is 10.1. The lowest BCUT2D eigenvalue weighted by Gasteiger charge is -2.18. The molecule has 1 aliphatic carbocycles. The number of aromatic nitrogens is 2. The number of amides is 2. The second kappa shape index (κ2) is 8.17. The number of hydrogen-bond donors (Lipinski definition) is 1. The van der Waals surface area contributed by atoms with Gasteiger partial charge >= 0.3 is 0 Å². The molecule has 0 aliphatic heterocycles. The summed E-state index contributed by atoms with van der Waals surface area (Å²) >= 11 is 0. The van der Waals surface area contributed by atoms with Crippen LogP contribution in [0.5, 0.6) is 0 Å². The van der Waals surface area contributed by atoms with Crippen LogP contribution in [-0.4, -0.2) is 40.1 Å². The van der Waals surface area contributed by atoms with Crippen LogP contribution >= 0.6 is 0 Å². The van der Waals surface area contributed by atoms with E-state index in [0.29, 0.717) is 25.4 Å². The zero-order chi connectivity index (χ0) is 20.4. The number of para-hydroxylation sites is 1. The minimum atomic E-state index is 0.0200.